The van der Waals surface area contributed by atoms with Crippen LogP contribution in [0.15, 0.2) is 0 Å². The van der Waals surface area contributed by atoms with Gasteiger partial charge in [0.1, 0.15) is 0 Å². The Morgan fingerprint density at radius 2 is 1.86 bits per heavy atom. The number of ether oxygens (including phenoxy) is 1. The molecular formula is C18H36N2O. The van der Waals surface area contributed by atoms with E-state index in [1.807, 2.05) is 0 Å². The number of piperazine rings is 1. The molecule has 1 aliphatic carbocycles. The van der Waals surface area contributed by atoms with Crippen LogP contribution in [-0.4, -0.2) is 48.3 Å². The maximum atomic E-state index is 6.00. The molecular weight excluding hydrogens is 260 g/mol. The monoisotopic (exact) mass is 296 g/mol. The van der Waals surface area contributed by atoms with Crippen LogP contribution in [0.5, 0.6) is 0 Å². The Kier molecular flexibility index (Phi) is 5.72. The molecule has 1 saturated carbocycles. The predicted molar refractivity (Wildman–Crippen MR) is 89.7 cm³/mol. The number of nitrogens with zero attached hydrogens (tertiary/aromatic N) is 1. The number of hydrogen-bond donors (Lipinski definition) is 1. The summed E-state index contributed by atoms with van der Waals surface area (Å²) in [4.78, 5) is 2.76. The molecule has 21 heavy (non-hydrogen) atoms. The van der Waals surface area contributed by atoms with Gasteiger partial charge in [-0.2, -0.15) is 0 Å². The molecule has 2 fully saturated rings. The van der Waals surface area contributed by atoms with E-state index in [-0.39, 0.29) is 5.60 Å². The van der Waals surface area contributed by atoms with Crippen molar-refractivity contribution in [2.24, 2.45) is 5.92 Å². The zero-order valence-electron chi connectivity index (χ0n) is 14.9. The van der Waals surface area contributed by atoms with Crippen LogP contribution < -0.4 is 5.32 Å². The van der Waals surface area contributed by atoms with Gasteiger partial charge in [0.2, 0.25) is 0 Å². The Labute approximate surface area is 131 Å². The zero-order chi connectivity index (χ0) is 15.5. The van der Waals surface area contributed by atoms with Gasteiger partial charge < -0.3 is 10.1 Å². The molecule has 1 saturated heterocycles. The first kappa shape index (κ1) is 17.2. The normalized spacial score (nSPS) is 27.4. The quantitative estimate of drug-likeness (QED) is 0.860. The lowest BCUT2D eigenvalue weighted by Gasteiger charge is -2.53. The molecule has 0 aromatic heterocycles. The smallest absolute Gasteiger partial charge is 0.0600 e. The van der Waals surface area contributed by atoms with Crippen molar-refractivity contribution in [2.75, 3.05) is 26.2 Å². The van der Waals surface area contributed by atoms with Gasteiger partial charge >= 0.3 is 0 Å². The summed E-state index contributed by atoms with van der Waals surface area (Å²) in [5.74, 6) is 0.706. The molecule has 3 heteroatoms. The standard InChI is InChI=1S/C18H36N2O/c1-15(2)16-13-20(11-12-21-17(3,4)5)18(14-19-16)9-7-6-8-10-18/h15-16,19H,6-14H2,1-5H3. The van der Waals surface area contributed by atoms with Gasteiger partial charge in [0, 0.05) is 31.2 Å². The first-order valence-corrected chi connectivity index (χ1v) is 8.95. The topological polar surface area (TPSA) is 24.5 Å². The summed E-state index contributed by atoms with van der Waals surface area (Å²) in [5, 5.41) is 3.83. The van der Waals surface area contributed by atoms with Crippen LogP contribution in [0.25, 0.3) is 0 Å². The molecule has 0 amide bonds. The van der Waals surface area contributed by atoms with Gasteiger partial charge in [-0.3, -0.25) is 4.90 Å². The lowest BCUT2D eigenvalue weighted by atomic mass is 9.77. The molecule has 2 aliphatic rings. The third-order valence-corrected chi connectivity index (χ3v) is 5.27. The van der Waals surface area contributed by atoms with Crippen LogP contribution in [0.4, 0.5) is 0 Å². The number of rotatable bonds is 4. The predicted octanol–water partition coefficient (Wildman–Crippen LogP) is 3.43. The Morgan fingerprint density at radius 3 is 2.43 bits per heavy atom. The highest BCUT2D eigenvalue weighted by Gasteiger charge is 2.42. The van der Waals surface area contributed by atoms with Crippen LogP contribution >= 0.6 is 0 Å². The number of hydrogen-bond acceptors (Lipinski definition) is 3. The second kappa shape index (κ2) is 6.97. The van der Waals surface area contributed by atoms with Crippen LogP contribution in [0.3, 0.4) is 0 Å². The largest absolute Gasteiger partial charge is 0.375 e. The third-order valence-electron chi connectivity index (χ3n) is 5.27. The highest BCUT2D eigenvalue weighted by atomic mass is 16.5. The average molecular weight is 296 g/mol. The van der Waals surface area contributed by atoms with Crippen molar-refractivity contribution in [2.45, 2.75) is 83.9 Å². The van der Waals surface area contributed by atoms with E-state index in [0.717, 1.165) is 13.2 Å². The van der Waals surface area contributed by atoms with Gasteiger partial charge in [-0.25, -0.2) is 0 Å². The van der Waals surface area contributed by atoms with E-state index in [2.05, 4.69) is 44.8 Å². The molecule has 1 unspecified atom stereocenters. The maximum Gasteiger partial charge on any atom is 0.0600 e. The molecule has 0 radical (unpaired) electrons. The maximum absolute atomic E-state index is 6.00. The van der Waals surface area contributed by atoms with Crippen molar-refractivity contribution in [3.8, 4) is 0 Å². The van der Waals surface area contributed by atoms with Crippen molar-refractivity contribution < 1.29 is 4.74 Å². The van der Waals surface area contributed by atoms with Crippen LogP contribution in [0.2, 0.25) is 0 Å². The van der Waals surface area contributed by atoms with E-state index < -0.39 is 0 Å². The first-order chi connectivity index (χ1) is 9.82. The summed E-state index contributed by atoms with van der Waals surface area (Å²) in [7, 11) is 0. The van der Waals surface area contributed by atoms with E-state index in [1.165, 1.54) is 45.2 Å². The van der Waals surface area contributed by atoms with E-state index in [1.54, 1.807) is 0 Å². The minimum absolute atomic E-state index is 0.0226. The van der Waals surface area contributed by atoms with Gasteiger partial charge in [0.05, 0.1) is 12.2 Å². The summed E-state index contributed by atoms with van der Waals surface area (Å²) < 4.78 is 6.00. The molecule has 1 aliphatic heterocycles. The SMILES string of the molecule is CC(C)C1CN(CCOC(C)(C)C)C2(CCCCC2)CN1. The van der Waals surface area contributed by atoms with Crippen molar-refractivity contribution >= 4 is 0 Å². The summed E-state index contributed by atoms with van der Waals surface area (Å²) in [6.45, 7) is 15.4. The fourth-order valence-corrected chi connectivity index (χ4v) is 3.87. The average Bonchev–Trinajstić information content (AvgIpc) is 2.40. The van der Waals surface area contributed by atoms with E-state index >= 15 is 0 Å². The molecule has 0 aromatic carbocycles. The van der Waals surface area contributed by atoms with Crippen LogP contribution in [-0.2, 0) is 4.74 Å². The summed E-state index contributed by atoms with van der Waals surface area (Å²) in [6, 6.07) is 0.632. The number of nitrogens with one attached hydrogen (secondary N) is 1. The summed E-state index contributed by atoms with van der Waals surface area (Å²) in [6.07, 6.45) is 6.93. The molecule has 1 N–H and O–H groups in total. The molecule has 1 heterocycles. The van der Waals surface area contributed by atoms with E-state index in [0.29, 0.717) is 17.5 Å². The Hall–Kier alpha value is -0.120. The van der Waals surface area contributed by atoms with Crippen molar-refractivity contribution in [1.82, 2.24) is 10.2 Å². The second-order valence-electron chi connectivity index (χ2n) is 8.42. The molecule has 124 valence electrons. The van der Waals surface area contributed by atoms with E-state index in [9.17, 15) is 0 Å². The summed E-state index contributed by atoms with van der Waals surface area (Å²) in [5.41, 5.74) is 0.385. The third kappa shape index (κ3) is 4.67. The fourth-order valence-electron chi connectivity index (χ4n) is 3.87. The molecule has 0 aromatic rings. The van der Waals surface area contributed by atoms with Crippen LogP contribution in [0.1, 0.15) is 66.7 Å². The van der Waals surface area contributed by atoms with E-state index in [4.69, 9.17) is 4.74 Å². The van der Waals surface area contributed by atoms with Crippen LogP contribution in [0, 0.1) is 5.92 Å². The minimum Gasteiger partial charge on any atom is -0.375 e. The molecule has 1 atom stereocenters. The molecule has 1 spiro atoms. The zero-order valence-corrected chi connectivity index (χ0v) is 14.9. The van der Waals surface area contributed by atoms with Gasteiger partial charge in [-0.05, 0) is 39.5 Å². The highest BCUT2D eigenvalue weighted by Crippen LogP contribution is 2.36. The Bertz CT molecular complexity index is 316. The minimum atomic E-state index is -0.0226. The van der Waals surface area contributed by atoms with Gasteiger partial charge in [0.25, 0.3) is 0 Å². The summed E-state index contributed by atoms with van der Waals surface area (Å²) >= 11 is 0. The Morgan fingerprint density at radius 1 is 1.19 bits per heavy atom. The van der Waals surface area contributed by atoms with Crippen molar-refractivity contribution in [3.63, 3.8) is 0 Å². The van der Waals surface area contributed by atoms with Crippen molar-refractivity contribution in [3.05, 3.63) is 0 Å². The Balaban J connectivity index is 1.98. The second-order valence-corrected chi connectivity index (χ2v) is 8.42. The lowest BCUT2D eigenvalue weighted by Crippen LogP contribution is -2.66. The van der Waals surface area contributed by atoms with Gasteiger partial charge in [0.15, 0.2) is 0 Å². The molecule has 3 nitrogen and oxygen atoms in total. The molecule has 2 rings (SSSR count). The molecule has 0 bridgehead atoms. The van der Waals surface area contributed by atoms with Gasteiger partial charge in [-0.15, -0.1) is 0 Å². The van der Waals surface area contributed by atoms with Crippen molar-refractivity contribution in [1.29, 1.82) is 0 Å². The fraction of sp³-hybridized carbons (Fsp3) is 1.00. The highest BCUT2D eigenvalue weighted by molar-refractivity contribution is 5.01. The van der Waals surface area contributed by atoms with Gasteiger partial charge in [-0.1, -0.05) is 33.1 Å². The lowest BCUT2D eigenvalue weighted by molar-refractivity contribution is -0.0514. The first-order valence-electron chi connectivity index (χ1n) is 8.95.